The molecule has 1 atom stereocenters. The zero-order valence-corrected chi connectivity index (χ0v) is 13.9. The first kappa shape index (κ1) is 17.8. The van der Waals surface area contributed by atoms with E-state index in [-0.39, 0.29) is 29.9 Å². The molecule has 3 N–H and O–H groups in total. The van der Waals surface area contributed by atoms with Gasteiger partial charge in [-0.25, -0.2) is 0 Å². The molecule has 1 unspecified atom stereocenters. The standard InChI is InChI=1S/C18H27NO4/c1-12(2)14-3-4-15(17(21)11-14)18(22)19-16(5-8-20)13-6-9-23-10-7-13/h3-4,11-13,16,20-21H,5-10H2,1-2H3,(H,19,22). The highest BCUT2D eigenvalue weighted by molar-refractivity contribution is 5.97. The summed E-state index contributed by atoms with van der Waals surface area (Å²) in [6, 6.07) is 5.09. The average molecular weight is 321 g/mol. The Morgan fingerprint density at radius 1 is 1.35 bits per heavy atom. The smallest absolute Gasteiger partial charge is 0.255 e. The van der Waals surface area contributed by atoms with Gasteiger partial charge in [0.25, 0.3) is 5.91 Å². The second-order valence-corrected chi connectivity index (χ2v) is 6.47. The Morgan fingerprint density at radius 3 is 2.61 bits per heavy atom. The summed E-state index contributed by atoms with van der Waals surface area (Å²) in [6.45, 7) is 5.49. The van der Waals surface area contributed by atoms with Crippen molar-refractivity contribution in [3.63, 3.8) is 0 Å². The summed E-state index contributed by atoms with van der Waals surface area (Å²) in [5, 5.41) is 22.4. The summed E-state index contributed by atoms with van der Waals surface area (Å²) < 4.78 is 5.36. The van der Waals surface area contributed by atoms with Gasteiger partial charge in [0.2, 0.25) is 0 Å². The molecule has 5 nitrogen and oxygen atoms in total. The average Bonchev–Trinajstić information content (AvgIpc) is 2.55. The molecule has 0 aromatic heterocycles. The summed E-state index contributed by atoms with van der Waals surface area (Å²) in [4.78, 5) is 12.5. The molecule has 1 aliphatic heterocycles. The van der Waals surface area contributed by atoms with Crippen LogP contribution in [0.1, 0.15) is 54.9 Å². The molecular formula is C18H27NO4. The summed E-state index contributed by atoms with van der Waals surface area (Å²) in [5.74, 6) is 0.311. The van der Waals surface area contributed by atoms with Crippen molar-refractivity contribution < 1.29 is 19.7 Å². The van der Waals surface area contributed by atoms with Gasteiger partial charge in [-0.15, -0.1) is 0 Å². The monoisotopic (exact) mass is 321 g/mol. The van der Waals surface area contributed by atoms with E-state index in [9.17, 15) is 15.0 Å². The summed E-state index contributed by atoms with van der Waals surface area (Å²) in [6.07, 6.45) is 2.27. The van der Waals surface area contributed by atoms with Crippen LogP contribution in [0.25, 0.3) is 0 Å². The lowest BCUT2D eigenvalue weighted by atomic mass is 9.89. The predicted octanol–water partition coefficient (Wildman–Crippen LogP) is 2.42. The number of aliphatic hydroxyl groups excluding tert-OH is 1. The van der Waals surface area contributed by atoms with Crippen LogP contribution in [-0.4, -0.2) is 42.0 Å². The molecule has 0 spiro atoms. The molecule has 1 fully saturated rings. The first-order valence-electron chi connectivity index (χ1n) is 8.35. The van der Waals surface area contributed by atoms with Crippen LogP contribution < -0.4 is 5.32 Å². The molecule has 128 valence electrons. The minimum atomic E-state index is -0.289. The number of nitrogens with one attached hydrogen (secondary N) is 1. The topological polar surface area (TPSA) is 78.8 Å². The maximum absolute atomic E-state index is 12.5. The van der Waals surface area contributed by atoms with Gasteiger partial charge < -0.3 is 20.3 Å². The molecule has 1 aromatic rings. The Balaban J connectivity index is 2.08. The molecular weight excluding hydrogens is 294 g/mol. The maximum Gasteiger partial charge on any atom is 0.255 e. The number of carbonyl (C=O) groups excluding carboxylic acids is 1. The number of hydrogen-bond acceptors (Lipinski definition) is 4. The zero-order valence-electron chi connectivity index (χ0n) is 13.9. The van der Waals surface area contributed by atoms with Gasteiger partial charge in [-0.3, -0.25) is 4.79 Å². The van der Waals surface area contributed by atoms with Crippen LogP contribution in [0.2, 0.25) is 0 Å². The second-order valence-electron chi connectivity index (χ2n) is 6.47. The molecule has 0 radical (unpaired) electrons. The third-order valence-corrected chi connectivity index (χ3v) is 4.52. The Kier molecular flexibility index (Phi) is 6.42. The highest BCUT2D eigenvalue weighted by atomic mass is 16.5. The van der Waals surface area contributed by atoms with Crippen LogP contribution in [0.5, 0.6) is 5.75 Å². The number of phenolic OH excluding ortho intramolecular Hbond substituents is 1. The van der Waals surface area contributed by atoms with Crippen molar-refractivity contribution in [1.29, 1.82) is 0 Å². The van der Waals surface area contributed by atoms with Crippen LogP contribution >= 0.6 is 0 Å². The Morgan fingerprint density at radius 2 is 2.04 bits per heavy atom. The number of amides is 1. The summed E-state index contributed by atoms with van der Waals surface area (Å²) in [5.41, 5.74) is 1.28. The van der Waals surface area contributed by atoms with Gasteiger partial charge in [0.15, 0.2) is 0 Å². The van der Waals surface area contributed by atoms with Gasteiger partial charge in [0, 0.05) is 25.9 Å². The van der Waals surface area contributed by atoms with E-state index in [0.29, 0.717) is 31.5 Å². The number of carbonyl (C=O) groups is 1. The molecule has 2 rings (SSSR count). The molecule has 1 heterocycles. The van der Waals surface area contributed by atoms with E-state index in [2.05, 4.69) is 5.32 Å². The van der Waals surface area contributed by atoms with Gasteiger partial charge in [-0.2, -0.15) is 0 Å². The van der Waals surface area contributed by atoms with E-state index >= 15 is 0 Å². The molecule has 1 amide bonds. The van der Waals surface area contributed by atoms with Gasteiger partial charge in [0.05, 0.1) is 5.56 Å². The van der Waals surface area contributed by atoms with Crippen molar-refractivity contribution in [3.8, 4) is 5.75 Å². The fourth-order valence-corrected chi connectivity index (χ4v) is 3.03. The molecule has 0 bridgehead atoms. The Labute approximate surface area is 137 Å². The molecule has 23 heavy (non-hydrogen) atoms. The normalized spacial score (nSPS) is 17.2. The number of phenols is 1. The third-order valence-electron chi connectivity index (χ3n) is 4.52. The first-order valence-corrected chi connectivity index (χ1v) is 8.35. The molecule has 1 aromatic carbocycles. The number of aromatic hydroxyl groups is 1. The largest absolute Gasteiger partial charge is 0.507 e. The van der Waals surface area contributed by atoms with E-state index in [0.717, 1.165) is 18.4 Å². The van der Waals surface area contributed by atoms with Crippen molar-refractivity contribution in [2.75, 3.05) is 19.8 Å². The number of aliphatic hydroxyl groups is 1. The predicted molar refractivity (Wildman–Crippen MR) is 88.7 cm³/mol. The van der Waals surface area contributed by atoms with Gasteiger partial charge >= 0.3 is 0 Å². The maximum atomic E-state index is 12.5. The van der Waals surface area contributed by atoms with E-state index in [1.807, 2.05) is 19.9 Å². The van der Waals surface area contributed by atoms with Crippen LogP contribution in [0.3, 0.4) is 0 Å². The molecule has 0 saturated carbocycles. The fraction of sp³-hybridized carbons (Fsp3) is 0.611. The lowest BCUT2D eigenvalue weighted by molar-refractivity contribution is 0.0478. The van der Waals surface area contributed by atoms with Crippen molar-refractivity contribution in [1.82, 2.24) is 5.32 Å². The molecule has 5 heteroatoms. The van der Waals surface area contributed by atoms with Crippen molar-refractivity contribution >= 4 is 5.91 Å². The highest BCUT2D eigenvalue weighted by Gasteiger charge is 2.26. The lowest BCUT2D eigenvalue weighted by Gasteiger charge is -2.30. The van der Waals surface area contributed by atoms with Crippen molar-refractivity contribution in [2.24, 2.45) is 5.92 Å². The van der Waals surface area contributed by atoms with Gasteiger partial charge in [-0.1, -0.05) is 19.9 Å². The fourth-order valence-electron chi connectivity index (χ4n) is 3.03. The zero-order chi connectivity index (χ0) is 16.8. The van der Waals surface area contributed by atoms with E-state index in [1.165, 1.54) is 0 Å². The lowest BCUT2D eigenvalue weighted by Crippen LogP contribution is -2.43. The summed E-state index contributed by atoms with van der Waals surface area (Å²) >= 11 is 0. The SMILES string of the molecule is CC(C)c1ccc(C(=O)NC(CCO)C2CCOCC2)c(O)c1. The van der Waals surface area contributed by atoms with Crippen LogP contribution in [0.4, 0.5) is 0 Å². The molecule has 1 aliphatic rings. The first-order chi connectivity index (χ1) is 11.0. The second kappa shape index (κ2) is 8.31. The Hall–Kier alpha value is -1.59. The summed E-state index contributed by atoms with van der Waals surface area (Å²) in [7, 11) is 0. The minimum absolute atomic E-state index is 0.00317. The van der Waals surface area contributed by atoms with Gasteiger partial charge in [0.1, 0.15) is 5.75 Å². The highest BCUT2D eigenvalue weighted by Crippen LogP contribution is 2.25. The molecule has 0 aliphatic carbocycles. The van der Waals surface area contributed by atoms with E-state index in [4.69, 9.17) is 4.74 Å². The van der Waals surface area contributed by atoms with Crippen molar-refractivity contribution in [2.45, 2.75) is 45.1 Å². The molecule has 1 saturated heterocycles. The van der Waals surface area contributed by atoms with E-state index in [1.54, 1.807) is 12.1 Å². The van der Waals surface area contributed by atoms with E-state index < -0.39 is 0 Å². The number of hydrogen-bond donors (Lipinski definition) is 3. The minimum Gasteiger partial charge on any atom is -0.507 e. The van der Waals surface area contributed by atoms with Crippen LogP contribution in [0, 0.1) is 5.92 Å². The number of rotatable bonds is 6. The van der Waals surface area contributed by atoms with Crippen LogP contribution in [0.15, 0.2) is 18.2 Å². The van der Waals surface area contributed by atoms with Crippen molar-refractivity contribution in [3.05, 3.63) is 29.3 Å². The van der Waals surface area contributed by atoms with Crippen LogP contribution in [-0.2, 0) is 4.74 Å². The van der Waals surface area contributed by atoms with Gasteiger partial charge in [-0.05, 0) is 48.8 Å². The quantitative estimate of drug-likeness (QED) is 0.752. The Bertz CT molecular complexity index is 524. The third kappa shape index (κ3) is 4.69. The number of ether oxygens (including phenoxy) is 1. The number of benzene rings is 1.